The molecule has 33 heavy (non-hydrogen) atoms. The molecule has 0 saturated carbocycles. The second-order valence-electron chi connectivity index (χ2n) is 9.91. The highest BCUT2D eigenvalue weighted by Crippen LogP contribution is 2.42. The zero-order chi connectivity index (χ0) is 23.3. The van der Waals surface area contributed by atoms with Crippen molar-refractivity contribution in [3.05, 3.63) is 58.7 Å². The lowest BCUT2D eigenvalue weighted by molar-refractivity contribution is -0.139. The number of piperidine rings is 1. The molecule has 5 rings (SSSR count). The number of likely N-dealkylation sites (tertiary alicyclic amines) is 1. The van der Waals surface area contributed by atoms with E-state index in [0.717, 1.165) is 22.4 Å². The first-order valence-electron chi connectivity index (χ1n) is 11.7. The van der Waals surface area contributed by atoms with Gasteiger partial charge >= 0.3 is 0 Å². The third-order valence-electron chi connectivity index (χ3n) is 7.33. The summed E-state index contributed by atoms with van der Waals surface area (Å²) >= 11 is 0. The fourth-order valence-electron chi connectivity index (χ4n) is 5.46. The minimum Gasteiger partial charge on any atom is -0.486 e. The summed E-state index contributed by atoms with van der Waals surface area (Å²) in [6, 6.07) is 11.8. The minimum absolute atomic E-state index is 0.00531. The van der Waals surface area contributed by atoms with Gasteiger partial charge in [0.05, 0.1) is 17.9 Å². The molecule has 1 atom stereocenters. The summed E-state index contributed by atoms with van der Waals surface area (Å²) in [5, 5.41) is 0. The molecule has 2 aromatic rings. The summed E-state index contributed by atoms with van der Waals surface area (Å²) in [4.78, 5) is 42.3. The second kappa shape index (κ2) is 8.01. The lowest BCUT2D eigenvalue weighted by Crippen LogP contribution is -2.53. The summed E-state index contributed by atoms with van der Waals surface area (Å²) in [7, 11) is 0. The van der Waals surface area contributed by atoms with E-state index in [1.54, 1.807) is 4.90 Å². The Morgan fingerprint density at radius 1 is 1.00 bits per heavy atom. The molecule has 0 radical (unpaired) electrons. The Morgan fingerprint density at radius 2 is 1.70 bits per heavy atom. The Morgan fingerprint density at radius 3 is 2.39 bits per heavy atom. The van der Waals surface area contributed by atoms with Crippen LogP contribution in [0.5, 0.6) is 5.75 Å². The van der Waals surface area contributed by atoms with Gasteiger partial charge in [0.15, 0.2) is 5.78 Å². The van der Waals surface area contributed by atoms with E-state index in [2.05, 4.69) is 0 Å². The van der Waals surface area contributed by atoms with E-state index in [1.807, 2.05) is 62.1 Å². The number of Topliss-reactive ketones (excluding diaryl/α,β-unsaturated/α-hetero) is 1. The molecule has 0 bridgehead atoms. The predicted molar refractivity (Wildman–Crippen MR) is 126 cm³/mol. The van der Waals surface area contributed by atoms with Crippen LogP contribution in [-0.2, 0) is 9.59 Å². The molecule has 0 aliphatic carbocycles. The van der Waals surface area contributed by atoms with Crippen LogP contribution >= 0.6 is 0 Å². The number of carbonyl (C=O) groups excluding carboxylic acids is 3. The molecule has 2 saturated heterocycles. The molecule has 3 aliphatic rings. The van der Waals surface area contributed by atoms with Crippen molar-refractivity contribution in [3.63, 3.8) is 0 Å². The van der Waals surface area contributed by atoms with Gasteiger partial charge < -0.3 is 14.5 Å². The van der Waals surface area contributed by atoms with Crippen LogP contribution in [0.25, 0.3) is 0 Å². The Hall–Kier alpha value is -3.15. The summed E-state index contributed by atoms with van der Waals surface area (Å²) in [6.07, 6.45) is 1.85. The lowest BCUT2D eigenvalue weighted by Gasteiger charge is -2.44. The maximum absolute atomic E-state index is 13.2. The summed E-state index contributed by atoms with van der Waals surface area (Å²) in [5.74, 6) is 0.522. The van der Waals surface area contributed by atoms with Crippen molar-refractivity contribution < 1.29 is 19.1 Å². The van der Waals surface area contributed by atoms with Gasteiger partial charge in [-0.3, -0.25) is 14.4 Å². The highest BCUT2D eigenvalue weighted by Gasteiger charge is 2.46. The predicted octanol–water partition coefficient (Wildman–Crippen LogP) is 3.99. The van der Waals surface area contributed by atoms with Crippen molar-refractivity contribution in [1.29, 1.82) is 0 Å². The van der Waals surface area contributed by atoms with Crippen molar-refractivity contribution >= 4 is 23.3 Å². The topological polar surface area (TPSA) is 66.9 Å². The zero-order valence-electron chi connectivity index (χ0n) is 19.5. The number of rotatable bonds is 2. The molecule has 3 aliphatic heterocycles. The Bertz CT molecular complexity index is 1130. The Kier molecular flexibility index (Phi) is 5.26. The fraction of sp³-hybridized carbons (Fsp3) is 0.444. The van der Waals surface area contributed by atoms with Crippen molar-refractivity contribution in [2.75, 3.05) is 24.5 Å². The largest absolute Gasteiger partial charge is 0.486 e. The van der Waals surface area contributed by atoms with Gasteiger partial charge in [-0.15, -0.1) is 0 Å². The van der Waals surface area contributed by atoms with Crippen molar-refractivity contribution in [3.8, 4) is 5.75 Å². The summed E-state index contributed by atoms with van der Waals surface area (Å²) in [6.45, 7) is 7.48. The van der Waals surface area contributed by atoms with Gasteiger partial charge in [0.25, 0.3) is 0 Å². The number of hydrogen-bond acceptors (Lipinski definition) is 4. The van der Waals surface area contributed by atoms with Gasteiger partial charge in [0.2, 0.25) is 11.8 Å². The molecule has 6 nitrogen and oxygen atoms in total. The van der Waals surface area contributed by atoms with Gasteiger partial charge in [0.1, 0.15) is 11.4 Å². The van der Waals surface area contributed by atoms with Crippen LogP contribution in [0.3, 0.4) is 0 Å². The Balaban J connectivity index is 1.25. The Labute approximate surface area is 194 Å². The first-order chi connectivity index (χ1) is 15.7. The highest BCUT2D eigenvalue weighted by atomic mass is 16.5. The van der Waals surface area contributed by atoms with Gasteiger partial charge in [-0.1, -0.05) is 23.8 Å². The van der Waals surface area contributed by atoms with E-state index >= 15 is 0 Å². The molecule has 3 heterocycles. The number of aryl methyl sites for hydroxylation is 3. The lowest BCUT2D eigenvalue weighted by atomic mass is 9.81. The van der Waals surface area contributed by atoms with Crippen molar-refractivity contribution in [1.82, 2.24) is 4.90 Å². The molecule has 1 unspecified atom stereocenters. The standard InChI is InChI=1S/C27H30N2O4/c1-17-4-6-21(7-5-17)29-16-20(14-24(29)31)26(32)28-10-8-27(9-11-28)15-23(30)22-13-18(2)12-19(3)25(22)33-27/h4-7,12-13,20H,8-11,14-16H2,1-3H3. The molecular weight excluding hydrogens is 416 g/mol. The SMILES string of the molecule is Cc1ccc(N2CC(C(=O)N3CCC4(CC3)CC(=O)c3cc(C)cc(C)c3O4)CC2=O)cc1. The van der Waals surface area contributed by atoms with Gasteiger partial charge in [-0.25, -0.2) is 0 Å². The molecule has 0 N–H and O–H groups in total. The monoisotopic (exact) mass is 446 g/mol. The van der Waals surface area contributed by atoms with E-state index in [-0.39, 0.29) is 29.9 Å². The van der Waals surface area contributed by atoms with E-state index in [0.29, 0.717) is 50.2 Å². The zero-order valence-corrected chi connectivity index (χ0v) is 19.5. The van der Waals surface area contributed by atoms with Crippen LogP contribution in [0.2, 0.25) is 0 Å². The highest BCUT2D eigenvalue weighted by molar-refractivity contribution is 6.01. The smallest absolute Gasteiger partial charge is 0.228 e. The van der Waals surface area contributed by atoms with E-state index in [1.165, 1.54) is 0 Å². The summed E-state index contributed by atoms with van der Waals surface area (Å²) in [5.41, 5.74) is 4.16. The van der Waals surface area contributed by atoms with Crippen LogP contribution < -0.4 is 9.64 Å². The van der Waals surface area contributed by atoms with E-state index in [4.69, 9.17) is 4.74 Å². The number of amides is 2. The number of anilines is 1. The molecule has 0 aromatic heterocycles. The van der Waals surface area contributed by atoms with Crippen LogP contribution in [-0.4, -0.2) is 47.7 Å². The number of nitrogens with zero attached hydrogens (tertiary/aromatic N) is 2. The van der Waals surface area contributed by atoms with Gasteiger partial charge in [-0.05, 0) is 50.1 Å². The average molecular weight is 447 g/mol. The van der Waals surface area contributed by atoms with Crippen LogP contribution in [0.1, 0.15) is 52.7 Å². The minimum atomic E-state index is -0.541. The maximum atomic E-state index is 13.2. The first kappa shape index (κ1) is 21.7. The number of ether oxygens (including phenoxy) is 1. The number of benzene rings is 2. The van der Waals surface area contributed by atoms with Crippen molar-refractivity contribution in [2.24, 2.45) is 5.92 Å². The molecule has 1 spiro atoms. The number of carbonyl (C=O) groups is 3. The number of hydrogen-bond donors (Lipinski definition) is 0. The number of fused-ring (bicyclic) bond motifs is 1. The molecular formula is C27H30N2O4. The average Bonchev–Trinajstić information content (AvgIpc) is 3.17. The molecule has 172 valence electrons. The van der Waals surface area contributed by atoms with E-state index < -0.39 is 5.60 Å². The van der Waals surface area contributed by atoms with Gasteiger partial charge in [0, 0.05) is 44.6 Å². The van der Waals surface area contributed by atoms with E-state index in [9.17, 15) is 14.4 Å². The summed E-state index contributed by atoms with van der Waals surface area (Å²) < 4.78 is 6.45. The third kappa shape index (κ3) is 3.92. The number of ketones is 1. The molecule has 2 amide bonds. The third-order valence-corrected chi connectivity index (χ3v) is 7.33. The van der Waals surface area contributed by atoms with Crippen LogP contribution in [0.4, 0.5) is 5.69 Å². The quantitative estimate of drug-likeness (QED) is 0.700. The second-order valence-corrected chi connectivity index (χ2v) is 9.91. The maximum Gasteiger partial charge on any atom is 0.228 e. The van der Waals surface area contributed by atoms with Gasteiger partial charge in [-0.2, -0.15) is 0 Å². The van der Waals surface area contributed by atoms with Crippen LogP contribution in [0.15, 0.2) is 36.4 Å². The fourth-order valence-corrected chi connectivity index (χ4v) is 5.46. The first-order valence-corrected chi connectivity index (χ1v) is 11.7. The molecule has 2 fully saturated rings. The molecule has 6 heteroatoms. The van der Waals surface area contributed by atoms with Crippen LogP contribution in [0, 0.1) is 26.7 Å². The van der Waals surface area contributed by atoms with Crippen molar-refractivity contribution in [2.45, 2.75) is 52.1 Å². The normalized spacial score (nSPS) is 21.8. The molecule has 2 aromatic carbocycles.